The molecule has 0 aliphatic rings. The molecule has 4 rings (SSSR count). The van der Waals surface area contributed by atoms with E-state index in [4.69, 9.17) is 4.42 Å². The van der Waals surface area contributed by atoms with Crippen LogP contribution in [0.5, 0.6) is 0 Å². The van der Waals surface area contributed by atoms with Gasteiger partial charge in [0.2, 0.25) is 0 Å². The molecular weight excluding hydrogens is 360 g/mol. The highest BCUT2D eigenvalue weighted by Gasteiger charge is 2.12. The van der Waals surface area contributed by atoms with E-state index in [1.165, 1.54) is 17.8 Å². The molecule has 0 atom stereocenters. The normalized spacial score (nSPS) is 11.4. The molecule has 4 aromatic rings. The van der Waals surface area contributed by atoms with Crippen molar-refractivity contribution in [1.29, 1.82) is 0 Å². The number of hydrogen-bond donors (Lipinski definition) is 0. The molecule has 5 nitrogen and oxygen atoms in total. The second-order valence-electron chi connectivity index (χ2n) is 6.54. The van der Waals surface area contributed by atoms with Crippen molar-refractivity contribution in [2.75, 3.05) is 0 Å². The topological polar surface area (TPSA) is 65.1 Å². The van der Waals surface area contributed by atoms with E-state index in [1.807, 2.05) is 44.2 Å². The van der Waals surface area contributed by atoms with Crippen LogP contribution in [0.15, 0.2) is 61.6 Å². The van der Waals surface area contributed by atoms with Crippen LogP contribution in [0.2, 0.25) is 0 Å². The van der Waals surface area contributed by atoms with E-state index in [1.54, 1.807) is 17.7 Å². The predicted molar refractivity (Wildman–Crippen MR) is 109 cm³/mol. The summed E-state index contributed by atoms with van der Waals surface area (Å²) < 4.78 is 6.98. The van der Waals surface area contributed by atoms with Gasteiger partial charge in [-0.25, -0.2) is 9.78 Å². The summed E-state index contributed by atoms with van der Waals surface area (Å²) in [5.74, 6) is 0.517. The largest absolute Gasteiger partial charge is 0.422 e. The maximum atomic E-state index is 12.6. The zero-order chi connectivity index (χ0) is 19.1. The summed E-state index contributed by atoms with van der Waals surface area (Å²) in [5.41, 5.74) is 3.77. The van der Waals surface area contributed by atoms with Crippen LogP contribution < -0.4 is 11.2 Å². The highest BCUT2D eigenvalue weighted by atomic mass is 32.2. The number of nitrogens with zero attached hydrogens (tertiary/aromatic N) is 2. The summed E-state index contributed by atoms with van der Waals surface area (Å²) in [6, 6.07) is 12.8. The van der Waals surface area contributed by atoms with Crippen LogP contribution in [0.1, 0.15) is 16.7 Å². The lowest BCUT2D eigenvalue weighted by atomic mass is 10.0. The fourth-order valence-corrected chi connectivity index (χ4v) is 4.08. The minimum atomic E-state index is -0.368. The minimum absolute atomic E-state index is 0.0768. The van der Waals surface area contributed by atoms with Crippen molar-refractivity contribution in [2.45, 2.75) is 24.8 Å². The van der Waals surface area contributed by atoms with E-state index >= 15 is 0 Å². The van der Waals surface area contributed by atoms with Gasteiger partial charge in [0.15, 0.2) is 5.16 Å². The number of hydrogen-bond acceptors (Lipinski definition) is 5. The molecule has 136 valence electrons. The number of aromatic nitrogens is 2. The van der Waals surface area contributed by atoms with E-state index in [0.29, 0.717) is 27.4 Å². The Morgan fingerprint density at radius 2 is 1.85 bits per heavy atom. The number of rotatable bonds is 3. The van der Waals surface area contributed by atoms with Crippen molar-refractivity contribution in [2.24, 2.45) is 7.05 Å². The lowest BCUT2D eigenvalue weighted by molar-refractivity contribution is 0.557. The number of benzene rings is 2. The highest BCUT2D eigenvalue weighted by molar-refractivity contribution is 7.98. The standard InChI is InChI=1S/C21H18N2O3S/c1-12-8-9-15-14(10-18(24)26-19(15)13(12)2)11-27-21-22-17-7-5-4-6-16(17)20(25)23(21)3/h4-10H,11H2,1-3H3. The highest BCUT2D eigenvalue weighted by Crippen LogP contribution is 2.28. The lowest BCUT2D eigenvalue weighted by Gasteiger charge is -2.11. The average molecular weight is 378 g/mol. The SMILES string of the molecule is Cc1ccc2c(CSc3nc4ccccc4c(=O)n3C)cc(=O)oc2c1C. The molecule has 0 amide bonds. The molecule has 0 N–H and O–H groups in total. The van der Waals surface area contributed by atoms with Crippen LogP contribution in [0, 0.1) is 13.8 Å². The van der Waals surface area contributed by atoms with E-state index in [0.717, 1.165) is 22.1 Å². The first-order valence-electron chi connectivity index (χ1n) is 8.57. The van der Waals surface area contributed by atoms with Gasteiger partial charge < -0.3 is 4.42 Å². The maximum absolute atomic E-state index is 12.6. The zero-order valence-corrected chi connectivity index (χ0v) is 16.1. The third-order valence-corrected chi connectivity index (χ3v) is 5.89. The molecule has 0 radical (unpaired) electrons. The Bertz CT molecular complexity index is 1300. The van der Waals surface area contributed by atoms with Crippen LogP contribution in [-0.2, 0) is 12.8 Å². The van der Waals surface area contributed by atoms with Gasteiger partial charge in [-0.15, -0.1) is 0 Å². The Morgan fingerprint density at radius 3 is 2.67 bits per heavy atom. The van der Waals surface area contributed by atoms with Crippen molar-refractivity contribution in [3.63, 3.8) is 0 Å². The van der Waals surface area contributed by atoms with Gasteiger partial charge in [0.05, 0.1) is 10.9 Å². The molecule has 0 spiro atoms. The third-order valence-electron chi connectivity index (χ3n) is 4.82. The molecule has 0 aliphatic heterocycles. The summed E-state index contributed by atoms with van der Waals surface area (Å²) in [4.78, 5) is 29.2. The fourth-order valence-electron chi connectivity index (χ4n) is 3.11. The maximum Gasteiger partial charge on any atom is 0.336 e. The summed E-state index contributed by atoms with van der Waals surface area (Å²) in [6.45, 7) is 3.94. The van der Waals surface area contributed by atoms with E-state index in [-0.39, 0.29) is 11.2 Å². The van der Waals surface area contributed by atoms with Crippen LogP contribution in [-0.4, -0.2) is 9.55 Å². The molecule has 0 fully saturated rings. The van der Waals surface area contributed by atoms with Crippen LogP contribution in [0.25, 0.3) is 21.9 Å². The quantitative estimate of drug-likeness (QED) is 0.307. The van der Waals surface area contributed by atoms with Crippen molar-refractivity contribution in [1.82, 2.24) is 9.55 Å². The Morgan fingerprint density at radius 1 is 1.07 bits per heavy atom. The van der Waals surface area contributed by atoms with Crippen LogP contribution in [0.3, 0.4) is 0 Å². The molecule has 6 heteroatoms. The Kier molecular flexibility index (Phi) is 4.36. The van der Waals surface area contributed by atoms with Crippen LogP contribution >= 0.6 is 11.8 Å². The monoisotopic (exact) mass is 378 g/mol. The molecule has 0 unspecified atom stereocenters. The van der Waals surface area contributed by atoms with Crippen molar-refractivity contribution >= 4 is 33.6 Å². The van der Waals surface area contributed by atoms with Gasteiger partial charge in [0.25, 0.3) is 5.56 Å². The second-order valence-corrected chi connectivity index (χ2v) is 7.48. The second kappa shape index (κ2) is 6.70. The summed E-state index contributed by atoms with van der Waals surface area (Å²) >= 11 is 1.43. The van der Waals surface area contributed by atoms with Gasteiger partial charge in [0, 0.05) is 24.3 Å². The molecule has 2 heterocycles. The first-order chi connectivity index (χ1) is 13.0. The molecule has 2 aromatic heterocycles. The first kappa shape index (κ1) is 17.5. The molecule has 0 aliphatic carbocycles. The fraction of sp³-hybridized carbons (Fsp3) is 0.190. The van der Waals surface area contributed by atoms with Crippen molar-refractivity contribution in [3.05, 3.63) is 79.9 Å². The van der Waals surface area contributed by atoms with Gasteiger partial charge >= 0.3 is 5.63 Å². The van der Waals surface area contributed by atoms with Gasteiger partial charge in [-0.05, 0) is 42.7 Å². The molecule has 0 saturated heterocycles. The van der Waals surface area contributed by atoms with Crippen molar-refractivity contribution < 1.29 is 4.42 Å². The zero-order valence-electron chi connectivity index (χ0n) is 15.3. The summed E-state index contributed by atoms with van der Waals surface area (Å²) in [6.07, 6.45) is 0. The van der Waals surface area contributed by atoms with Crippen LogP contribution in [0.4, 0.5) is 0 Å². The third kappa shape index (κ3) is 3.06. The molecule has 27 heavy (non-hydrogen) atoms. The van der Waals surface area contributed by atoms with E-state index < -0.39 is 0 Å². The molecular formula is C21H18N2O3S. The smallest absolute Gasteiger partial charge is 0.336 e. The molecule has 0 saturated carbocycles. The Labute approximate surface area is 159 Å². The molecule has 2 aromatic carbocycles. The summed E-state index contributed by atoms with van der Waals surface area (Å²) in [5, 5.41) is 2.13. The van der Waals surface area contributed by atoms with Crippen molar-refractivity contribution in [3.8, 4) is 0 Å². The van der Waals surface area contributed by atoms with Gasteiger partial charge in [-0.2, -0.15) is 0 Å². The minimum Gasteiger partial charge on any atom is -0.422 e. The number of thioether (sulfide) groups is 1. The van der Waals surface area contributed by atoms with Gasteiger partial charge in [0.1, 0.15) is 5.58 Å². The Hall–Kier alpha value is -2.86. The lowest BCUT2D eigenvalue weighted by Crippen LogP contribution is -2.19. The van der Waals surface area contributed by atoms with E-state index in [2.05, 4.69) is 4.98 Å². The van der Waals surface area contributed by atoms with Gasteiger partial charge in [-0.3, -0.25) is 9.36 Å². The predicted octanol–water partition coefficient (Wildman–Crippen LogP) is 3.95. The number of para-hydroxylation sites is 1. The summed E-state index contributed by atoms with van der Waals surface area (Å²) in [7, 11) is 1.72. The average Bonchev–Trinajstić information content (AvgIpc) is 2.66. The Balaban J connectivity index is 1.78. The van der Waals surface area contributed by atoms with E-state index in [9.17, 15) is 9.59 Å². The molecule has 0 bridgehead atoms. The number of aryl methyl sites for hydroxylation is 2. The number of fused-ring (bicyclic) bond motifs is 2. The first-order valence-corrected chi connectivity index (χ1v) is 9.56. The van der Waals surface area contributed by atoms with Gasteiger partial charge in [-0.1, -0.05) is 36.0 Å².